The second-order valence-electron chi connectivity index (χ2n) is 5.46. The maximum absolute atomic E-state index is 14.3. The molecular formula is C13H16Cl2FNO2S2. The predicted octanol–water partition coefficient (Wildman–Crippen LogP) is 3.73. The van der Waals surface area contributed by atoms with E-state index in [1.807, 2.05) is 13.8 Å². The molecule has 2 rings (SSSR count). The van der Waals surface area contributed by atoms with Gasteiger partial charge < -0.3 is 0 Å². The van der Waals surface area contributed by atoms with Gasteiger partial charge in [-0.15, -0.1) is 11.6 Å². The summed E-state index contributed by atoms with van der Waals surface area (Å²) in [5.41, 5.74) is 0.0911. The Morgan fingerprint density at radius 2 is 2.10 bits per heavy atom. The van der Waals surface area contributed by atoms with Crippen LogP contribution in [0.4, 0.5) is 4.39 Å². The molecule has 0 saturated carbocycles. The monoisotopic (exact) mass is 371 g/mol. The molecule has 0 amide bonds. The fraction of sp³-hybridized carbons (Fsp3) is 0.538. The van der Waals surface area contributed by atoms with Gasteiger partial charge in [-0.3, -0.25) is 0 Å². The summed E-state index contributed by atoms with van der Waals surface area (Å²) in [6.45, 7) is 4.64. The number of halogens is 3. The van der Waals surface area contributed by atoms with Gasteiger partial charge in [0.2, 0.25) is 10.0 Å². The van der Waals surface area contributed by atoms with E-state index in [-0.39, 0.29) is 21.2 Å². The number of hydrogen-bond donors (Lipinski definition) is 0. The van der Waals surface area contributed by atoms with E-state index in [1.165, 1.54) is 10.4 Å². The highest BCUT2D eigenvalue weighted by Crippen LogP contribution is 2.34. The number of alkyl halides is 1. The normalized spacial score (nSPS) is 19.7. The van der Waals surface area contributed by atoms with Crippen LogP contribution in [0.25, 0.3) is 0 Å². The van der Waals surface area contributed by atoms with E-state index in [0.717, 1.165) is 6.07 Å². The SMILES string of the molecule is CC1(C)CN(S(=O)(=O)c2cc(Cl)cc(CCl)c2F)CCS1. The third kappa shape index (κ3) is 3.67. The first-order valence-electron chi connectivity index (χ1n) is 6.35. The molecule has 1 aliphatic rings. The lowest BCUT2D eigenvalue weighted by Gasteiger charge is -2.36. The van der Waals surface area contributed by atoms with Crippen molar-refractivity contribution in [1.82, 2.24) is 4.31 Å². The fourth-order valence-corrected chi connectivity index (χ4v) is 5.77. The Balaban J connectivity index is 2.47. The molecule has 0 bridgehead atoms. The van der Waals surface area contributed by atoms with Gasteiger partial charge in [0.05, 0.1) is 5.88 Å². The molecule has 1 heterocycles. The van der Waals surface area contributed by atoms with Gasteiger partial charge in [-0.2, -0.15) is 16.1 Å². The number of sulfonamides is 1. The molecule has 0 atom stereocenters. The molecule has 0 unspecified atom stereocenters. The minimum Gasteiger partial charge on any atom is -0.207 e. The van der Waals surface area contributed by atoms with Crippen LogP contribution >= 0.6 is 35.0 Å². The first-order chi connectivity index (χ1) is 9.67. The van der Waals surface area contributed by atoms with Gasteiger partial charge in [-0.25, -0.2) is 12.8 Å². The van der Waals surface area contributed by atoms with Crippen molar-refractivity contribution in [3.63, 3.8) is 0 Å². The molecule has 8 heteroatoms. The van der Waals surface area contributed by atoms with Crippen molar-refractivity contribution >= 4 is 45.0 Å². The van der Waals surface area contributed by atoms with E-state index in [2.05, 4.69) is 0 Å². The van der Waals surface area contributed by atoms with E-state index in [4.69, 9.17) is 23.2 Å². The molecule has 1 aliphatic heterocycles. The van der Waals surface area contributed by atoms with E-state index < -0.39 is 20.7 Å². The Labute approximate surface area is 138 Å². The summed E-state index contributed by atoms with van der Waals surface area (Å²) in [5.74, 6) is -0.266. The van der Waals surface area contributed by atoms with Crippen molar-refractivity contribution in [2.24, 2.45) is 0 Å². The number of thioether (sulfide) groups is 1. The summed E-state index contributed by atoms with van der Waals surface area (Å²) in [4.78, 5) is -0.395. The number of hydrogen-bond acceptors (Lipinski definition) is 3. The second kappa shape index (κ2) is 6.24. The van der Waals surface area contributed by atoms with E-state index >= 15 is 0 Å². The molecule has 0 aromatic heterocycles. The number of rotatable bonds is 3. The third-order valence-corrected chi connectivity index (χ3v) is 6.88. The molecule has 1 saturated heterocycles. The summed E-state index contributed by atoms with van der Waals surface area (Å²) in [6.07, 6.45) is 0. The van der Waals surface area contributed by atoms with Gasteiger partial charge in [-0.1, -0.05) is 11.6 Å². The van der Waals surface area contributed by atoms with Crippen LogP contribution in [0.3, 0.4) is 0 Å². The molecule has 118 valence electrons. The lowest BCUT2D eigenvalue weighted by molar-refractivity contribution is 0.385. The standard InChI is InChI=1S/C13H16Cl2FNO2S2/c1-13(2)8-17(3-4-20-13)21(18,19)11-6-10(15)5-9(7-14)12(11)16/h5-6H,3-4,7-8H2,1-2H3. The van der Waals surface area contributed by atoms with E-state index in [9.17, 15) is 12.8 Å². The first-order valence-corrected chi connectivity index (χ1v) is 9.69. The molecule has 0 radical (unpaired) electrons. The van der Waals surface area contributed by atoms with Crippen LogP contribution in [0, 0.1) is 5.82 Å². The highest BCUT2D eigenvalue weighted by Gasteiger charge is 2.36. The first kappa shape index (κ1) is 17.3. The Kier molecular flexibility index (Phi) is 5.15. The molecule has 1 aromatic carbocycles. The molecular weight excluding hydrogens is 356 g/mol. The summed E-state index contributed by atoms with van der Waals surface area (Å²) in [5, 5.41) is 0.163. The highest BCUT2D eigenvalue weighted by molar-refractivity contribution is 8.00. The molecule has 0 aliphatic carbocycles. The lowest BCUT2D eigenvalue weighted by Crippen LogP contribution is -2.46. The molecule has 0 spiro atoms. The highest BCUT2D eigenvalue weighted by atomic mass is 35.5. The van der Waals surface area contributed by atoms with Crippen LogP contribution in [0.1, 0.15) is 19.4 Å². The van der Waals surface area contributed by atoms with Crippen LogP contribution in [-0.2, 0) is 15.9 Å². The van der Waals surface area contributed by atoms with Crippen molar-refractivity contribution in [1.29, 1.82) is 0 Å². The zero-order chi connectivity index (χ0) is 15.8. The zero-order valence-corrected chi connectivity index (χ0v) is 14.8. The largest absolute Gasteiger partial charge is 0.246 e. The van der Waals surface area contributed by atoms with Crippen molar-refractivity contribution in [3.8, 4) is 0 Å². The summed E-state index contributed by atoms with van der Waals surface area (Å²) < 4.78 is 40.8. The lowest BCUT2D eigenvalue weighted by atomic mass is 10.2. The number of benzene rings is 1. The van der Waals surface area contributed by atoms with Crippen LogP contribution in [0.2, 0.25) is 5.02 Å². The van der Waals surface area contributed by atoms with Crippen LogP contribution in [0.15, 0.2) is 17.0 Å². The van der Waals surface area contributed by atoms with Crippen LogP contribution in [0.5, 0.6) is 0 Å². The van der Waals surface area contributed by atoms with Crippen LogP contribution in [-0.4, -0.2) is 36.3 Å². The maximum atomic E-state index is 14.3. The summed E-state index contributed by atoms with van der Waals surface area (Å²) >= 11 is 13.2. The van der Waals surface area contributed by atoms with Crippen LogP contribution < -0.4 is 0 Å². The topological polar surface area (TPSA) is 37.4 Å². The third-order valence-electron chi connectivity index (χ3n) is 3.23. The van der Waals surface area contributed by atoms with E-state index in [1.54, 1.807) is 11.8 Å². The quantitative estimate of drug-likeness (QED) is 0.759. The van der Waals surface area contributed by atoms with Gasteiger partial charge in [-0.05, 0) is 26.0 Å². The average Bonchev–Trinajstić information content (AvgIpc) is 2.39. The average molecular weight is 372 g/mol. The van der Waals surface area contributed by atoms with E-state index in [0.29, 0.717) is 18.8 Å². The Morgan fingerprint density at radius 1 is 1.43 bits per heavy atom. The van der Waals surface area contributed by atoms with Gasteiger partial charge in [0.15, 0.2) is 0 Å². The minimum absolute atomic E-state index is 0.0911. The maximum Gasteiger partial charge on any atom is 0.246 e. The Morgan fingerprint density at radius 3 is 2.67 bits per heavy atom. The Bertz CT molecular complexity index is 650. The summed E-state index contributed by atoms with van der Waals surface area (Å²) in [6, 6.07) is 2.50. The molecule has 21 heavy (non-hydrogen) atoms. The Hall–Kier alpha value is -0.0100. The smallest absolute Gasteiger partial charge is 0.207 e. The van der Waals surface area contributed by atoms with Gasteiger partial charge in [0.1, 0.15) is 10.7 Å². The molecule has 0 N–H and O–H groups in total. The van der Waals surface area contributed by atoms with Gasteiger partial charge >= 0.3 is 0 Å². The second-order valence-corrected chi connectivity index (χ2v) is 9.87. The van der Waals surface area contributed by atoms with Gasteiger partial charge in [0, 0.05) is 34.2 Å². The molecule has 3 nitrogen and oxygen atoms in total. The predicted molar refractivity (Wildman–Crippen MR) is 86.3 cm³/mol. The fourth-order valence-electron chi connectivity index (χ4n) is 2.22. The van der Waals surface area contributed by atoms with Gasteiger partial charge in [0.25, 0.3) is 0 Å². The van der Waals surface area contributed by atoms with Crippen molar-refractivity contribution < 1.29 is 12.8 Å². The summed E-state index contributed by atoms with van der Waals surface area (Å²) in [7, 11) is -3.92. The molecule has 1 fully saturated rings. The minimum atomic E-state index is -3.92. The number of nitrogens with zero attached hydrogens (tertiary/aromatic N) is 1. The van der Waals surface area contributed by atoms with Crippen molar-refractivity contribution in [2.75, 3.05) is 18.8 Å². The van der Waals surface area contributed by atoms with Crippen molar-refractivity contribution in [3.05, 3.63) is 28.5 Å². The molecule has 1 aromatic rings. The zero-order valence-electron chi connectivity index (χ0n) is 11.7. The van der Waals surface area contributed by atoms with Crippen molar-refractivity contribution in [2.45, 2.75) is 29.4 Å².